The summed E-state index contributed by atoms with van der Waals surface area (Å²) in [4.78, 5) is 21.1. The molecular formula is C20H22ClN3O3S2. The van der Waals surface area contributed by atoms with Gasteiger partial charge in [-0.1, -0.05) is 35.1 Å². The highest BCUT2D eigenvalue weighted by Gasteiger charge is 2.26. The first-order valence-electron chi connectivity index (χ1n) is 8.97. The molecule has 1 aromatic heterocycles. The number of rotatable bonds is 7. The number of benzene rings is 2. The van der Waals surface area contributed by atoms with Gasteiger partial charge in [-0.05, 0) is 56.9 Å². The zero-order chi connectivity index (χ0) is 21.2. The third kappa shape index (κ3) is 5.14. The van der Waals surface area contributed by atoms with Crippen LogP contribution in [-0.4, -0.2) is 57.1 Å². The molecule has 154 valence electrons. The lowest BCUT2D eigenvalue weighted by molar-refractivity contribution is -0.116. The van der Waals surface area contributed by atoms with Gasteiger partial charge >= 0.3 is 0 Å². The van der Waals surface area contributed by atoms with Crippen LogP contribution in [0.15, 0.2) is 47.4 Å². The van der Waals surface area contributed by atoms with Crippen LogP contribution in [0.1, 0.15) is 5.56 Å². The smallest absolute Gasteiger partial charge is 0.244 e. The average Bonchev–Trinajstić information content (AvgIpc) is 3.07. The van der Waals surface area contributed by atoms with Crippen LogP contribution in [0.2, 0.25) is 5.02 Å². The lowest BCUT2D eigenvalue weighted by atomic mass is 10.2. The Kier molecular flexibility index (Phi) is 6.58. The van der Waals surface area contributed by atoms with Gasteiger partial charge in [-0.25, -0.2) is 13.4 Å². The Bertz CT molecular complexity index is 1130. The van der Waals surface area contributed by atoms with Crippen LogP contribution >= 0.6 is 22.9 Å². The predicted molar refractivity (Wildman–Crippen MR) is 119 cm³/mol. The number of anilines is 1. The first-order chi connectivity index (χ1) is 13.7. The number of thiazole rings is 1. The summed E-state index contributed by atoms with van der Waals surface area (Å²) in [5.74, 6) is -1.13. The third-order valence-corrected chi connectivity index (χ3v) is 7.31. The fourth-order valence-corrected chi connectivity index (χ4v) is 5.19. The lowest BCUT2D eigenvalue weighted by Crippen LogP contribution is -2.40. The molecule has 6 nitrogen and oxygen atoms in total. The molecule has 29 heavy (non-hydrogen) atoms. The maximum atomic E-state index is 13.0. The zero-order valence-corrected chi connectivity index (χ0v) is 18.8. The summed E-state index contributed by atoms with van der Waals surface area (Å²) < 4.78 is 26.4. The molecule has 0 aliphatic heterocycles. The van der Waals surface area contributed by atoms with E-state index in [1.807, 2.05) is 44.1 Å². The third-order valence-electron chi connectivity index (χ3n) is 4.40. The van der Waals surface area contributed by atoms with Gasteiger partial charge in [0.05, 0.1) is 15.1 Å². The van der Waals surface area contributed by atoms with Crippen molar-refractivity contribution in [3.05, 3.63) is 53.1 Å². The molecule has 0 bridgehead atoms. The van der Waals surface area contributed by atoms with E-state index in [4.69, 9.17) is 11.6 Å². The Hall–Kier alpha value is -2.00. The molecule has 1 heterocycles. The van der Waals surface area contributed by atoms with Gasteiger partial charge in [0, 0.05) is 18.1 Å². The SMILES string of the molecule is Cc1cccc2sc(N(CCN(C)C)C(=O)CS(=O)(=O)c3ccc(Cl)cc3)nc12. The number of likely N-dealkylation sites (N-methyl/N-ethyl adjacent to an activating group) is 1. The molecule has 2 aromatic carbocycles. The fourth-order valence-electron chi connectivity index (χ4n) is 2.78. The minimum absolute atomic E-state index is 0.0722. The molecular weight excluding hydrogens is 430 g/mol. The van der Waals surface area contributed by atoms with Gasteiger partial charge in [-0.3, -0.25) is 9.69 Å². The molecule has 0 saturated heterocycles. The Morgan fingerprint density at radius 3 is 2.41 bits per heavy atom. The number of amides is 1. The number of carbonyl (C=O) groups excluding carboxylic acids is 1. The van der Waals surface area contributed by atoms with Gasteiger partial charge in [0.25, 0.3) is 0 Å². The van der Waals surface area contributed by atoms with Crippen molar-refractivity contribution < 1.29 is 13.2 Å². The summed E-state index contributed by atoms with van der Waals surface area (Å²) in [5, 5.41) is 0.945. The second-order valence-corrected chi connectivity index (χ2v) is 10.4. The van der Waals surface area contributed by atoms with Crippen molar-refractivity contribution in [2.45, 2.75) is 11.8 Å². The van der Waals surface area contributed by atoms with E-state index >= 15 is 0 Å². The highest BCUT2D eigenvalue weighted by molar-refractivity contribution is 7.92. The van der Waals surface area contributed by atoms with E-state index in [0.717, 1.165) is 15.8 Å². The Morgan fingerprint density at radius 2 is 1.79 bits per heavy atom. The van der Waals surface area contributed by atoms with Crippen LogP contribution in [0.25, 0.3) is 10.2 Å². The van der Waals surface area contributed by atoms with E-state index in [0.29, 0.717) is 23.2 Å². The number of sulfone groups is 1. The predicted octanol–water partition coefficient (Wildman–Crippen LogP) is 3.63. The second kappa shape index (κ2) is 8.79. The van der Waals surface area contributed by atoms with Crippen LogP contribution in [0, 0.1) is 6.92 Å². The molecule has 0 N–H and O–H groups in total. The van der Waals surface area contributed by atoms with Crippen LogP contribution in [0.3, 0.4) is 0 Å². The quantitative estimate of drug-likeness (QED) is 0.548. The first-order valence-corrected chi connectivity index (χ1v) is 11.8. The molecule has 3 rings (SSSR count). The average molecular weight is 452 g/mol. The van der Waals surface area contributed by atoms with E-state index in [-0.39, 0.29) is 4.90 Å². The van der Waals surface area contributed by atoms with Gasteiger partial charge in [0.15, 0.2) is 15.0 Å². The number of aryl methyl sites for hydroxylation is 1. The molecule has 0 unspecified atom stereocenters. The van der Waals surface area contributed by atoms with Crippen molar-refractivity contribution in [3.63, 3.8) is 0 Å². The summed E-state index contributed by atoms with van der Waals surface area (Å²) in [5.41, 5.74) is 1.84. The van der Waals surface area contributed by atoms with Gasteiger partial charge in [0.2, 0.25) is 5.91 Å². The molecule has 0 fully saturated rings. The number of hydrogen-bond acceptors (Lipinski definition) is 6. The Labute approximate surface area is 179 Å². The number of aromatic nitrogens is 1. The standard InChI is InChI=1S/C20H22ClN3O3S2/c1-14-5-4-6-17-19(14)22-20(28-17)24(12-11-23(2)3)18(25)13-29(26,27)16-9-7-15(21)8-10-16/h4-10H,11-13H2,1-3H3. The topological polar surface area (TPSA) is 70.6 Å². The van der Waals surface area contributed by atoms with E-state index in [2.05, 4.69) is 4.98 Å². The minimum atomic E-state index is -3.79. The van der Waals surface area contributed by atoms with E-state index in [1.54, 1.807) is 0 Å². The van der Waals surface area contributed by atoms with Gasteiger partial charge < -0.3 is 4.90 Å². The number of carbonyl (C=O) groups is 1. The fraction of sp³-hybridized carbons (Fsp3) is 0.300. The molecule has 1 amide bonds. The van der Waals surface area contributed by atoms with Crippen molar-refractivity contribution >= 4 is 54.0 Å². The van der Waals surface area contributed by atoms with Crippen LogP contribution in [0.4, 0.5) is 5.13 Å². The van der Waals surface area contributed by atoms with Crippen LogP contribution in [0.5, 0.6) is 0 Å². The number of hydrogen-bond donors (Lipinski definition) is 0. The summed E-state index contributed by atoms with van der Waals surface area (Å²) in [6, 6.07) is 11.7. The van der Waals surface area contributed by atoms with E-state index in [9.17, 15) is 13.2 Å². The van der Waals surface area contributed by atoms with Gasteiger partial charge in [-0.15, -0.1) is 0 Å². The monoisotopic (exact) mass is 451 g/mol. The summed E-state index contributed by atoms with van der Waals surface area (Å²) >= 11 is 7.23. The highest BCUT2D eigenvalue weighted by atomic mass is 35.5. The molecule has 0 atom stereocenters. The maximum absolute atomic E-state index is 13.0. The molecule has 0 aliphatic carbocycles. The summed E-state index contributed by atoms with van der Waals surface area (Å²) in [6.45, 7) is 2.89. The van der Waals surface area contributed by atoms with Gasteiger partial charge in [0.1, 0.15) is 5.75 Å². The number of para-hydroxylation sites is 1. The Balaban J connectivity index is 1.92. The number of halogens is 1. The van der Waals surface area contributed by atoms with Gasteiger partial charge in [-0.2, -0.15) is 0 Å². The van der Waals surface area contributed by atoms with E-state index < -0.39 is 21.5 Å². The maximum Gasteiger partial charge on any atom is 0.244 e. The summed E-state index contributed by atoms with van der Waals surface area (Å²) in [7, 11) is 0.00415. The molecule has 0 radical (unpaired) electrons. The molecule has 3 aromatic rings. The Morgan fingerprint density at radius 1 is 1.10 bits per heavy atom. The minimum Gasteiger partial charge on any atom is -0.308 e. The van der Waals surface area contributed by atoms with Crippen molar-refractivity contribution in [3.8, 4) is 0 Å². The van der Waals surface area contributed by atoms with E-state index in [1.165, 1.54) is 40.5 Å². The van der Waals surface area contributed by atoms with Crippen LogP contribution in [-0.2, 0) is 14.6 Å². The molecule has 0 aliphatic rings. The van der Waals surface area contributed by atoms with Crippen molar-refractivity contribution in [1.82, 2.24) is 9.88 Å². The zero-order valence-electron chi connectivity index (χ0n) is 16.4. The number of fused-ring (bicyclic) bond motifs is 1. The van der Waals surface area contributed by atoms with Crippen molar-refractivity contribution in [2.75, 3.05) is 37.8 Å². The largest absolute Gasteiger partial charge is 0.308 e. The molecule has 0 saturated carbocycles. The normalized spacial score (nSPS) is 11.9. The number of nitrogens with zero attached hydrogens (tertiary/aromatic N) is 3. The highest BCUT2D eigenvalue weighted by Crippen LogP contribution is 2.31. The van der Waals surface area contributed by atoms with Crippen molar-refractivity contribution in [1.29, 1.82) is 0 Å². The lowest BCUT2D eigenvalue weighted by Gasteiger charge is -2.22. The molecule has 9 heteroatoms. The first kappa shape index (κ1) is 21.7. The van der Waals surface area contributed by atoms with Crippen LogP contribution < -0.4 is 4.90 Å². The molecule has 0 spiro atoms. The summed E-state index contributed by atoms with van der Waals surface area (Å²) in [6.07, 6.45) is 0. The van der Waals surface area contributed by atoms with Crippen molar-refractivity contribution in [2.24, 2.45) is 0 Å². The second-order valence-electron chi connectivity index (χ2n) is 6.98.